The van der Waals surface area contributed by atoms with Crippen molar-refractivity contribution in [1.29, 1.82) is 0 Å². The Bertz CT molecular complexity index is 5800. The average Bonchev–Trinajstić information content (AvgIpc) is 1.51. The van der Waals surface area contributed by atoms with Crippen LogP contribution in [0.2, 0.25) is 0 Å². The van der Waals surface area contributed by atoms with Crippen molar-refractivity contribution in [2.75, 3.05) is 26.1 Å². The number of aryl methyl sites for hydroxylation is 2. The first kappa shape index (κ1) is 74.5. The lowest BCUT2D eigenvalue weighted by atomic mass is 9.70. The van der Waals surface area contributed by atoms with E-state index in [2.05, 4.69) is 249 Å². The second-order valence-electron chi connectivity index (χ2n) is 29.1. The van der Waals surface area contributed by atoms with Crippen molar-refractivity contribution >= 4 is 60.6 Å². The van der Waals surface area contributed by atoms with Gasteiger partial charge >= 0.3 is 0 Å². The molecule has 2 aliphatic rings. The Morgan fingerprint density at radius 2 is 1.00 bits per heavy atom. The smallest absolute Gasteiger partial charge is 0.255 e. The standard InChI is InChI=1S/C102H92N2O6/c1-8-12-16-19-21-23-25-33-57-108-80-52-54-85-88(66-80)98(76-47-44-71-60-70(35-28-18-14-10-3)41-42-72(71)62-76)84-53-51-81(109-58-34-26-24-22-20-17-13-9-2)67-89(84)99(85)77-48-45-73-61-75(46-43-74(73)63-77)95(40-27-15-11-4)110-97-59-69(5)96(107-7)68-94(97)104-101(106)79-50-56-93-87(65-79)86-64-78(100(105)103-6)49-55-92(86)102(93)90-38-31-29-36-82(90)83-37-30-32-39-91(83)102/h1,29-32,36-39,41-56,59-68,95H,9-11,13-15,17-18,20,22,24,26-28,34-35,40,58H2,2-7H3,(H,103,105)(H,104,106). The first-order valence-corrected chi connectivity index (χ1v) is 39.3. The van der Waals surface area contributed by atoms with Gasteiger partial charge in [0.05, 0.1) is 24.8 Å². The Labute approximate surface area is 648 Å². The van der Waals surface area contributed by atoms with Crippen LogP contribution in [0.25, 0.3) is 87.6 Å². The molecule has 12 aromatic carbocycles. The molecule has 0 saturated heterocycles. The summed E-state index contributed by atoms with van der Waals surface area (Å²) in [6.07, 6.45) is 27.1. The Kier molecular flexibility index (Phi) is 23.5. The lowest BCUT2D eigenvalue weighted by molar-refractivity contribution is 0.0962. The largest absolute Gasteiger partial charge is 0.496 e. The van der Waals surface area contributed by atoms with E-state index in [-0.39, 0.29) is 17.9 Å². The molecule has 12 aromatic rings. The molecule has 0 aromatic heterocycles. The number of terminal acetylenes is 1. The van der Waals surface area contributed by atoms with Crippen LogP contribution in [0.15, 0.2) is 206 Å². The molecule has 546 valence electrons. The Balaban J connectivity index is 0.826. The molecule has 0 bridgehead atoms. The lowest BCUT2D eigenvalue weighted by Crippen LogP contribution is -2.26. The Morgan fingerprint density at radius 1 is 0.464 bits per heavy atom. The van der Waals surface area contributed by atoms with Crippen LogP contribution in [0.3, 0.4) is 0 Å². The third kappa shape index (κ3) is 15.6. The summed E-state index contributed by atoms with van der Waals surface area (Å²) in [4.78, 5) is 28.6. The quantitative estimate of drug-likeness (QED) is 0.0276. The van der Waals surface area contributed by atoms with Crippen LogP contribution in [0.5, 0.6) is 23.0 Å². The lowest BCUT2D eigenvalue weighted by Gasteiger charge is -2.30. The van der Waals surface area contributed by atoms with Crippen molar-refractivity contribution in [1.82, 2.24) is 5.32 Å². The Morgan fingerprint density at radius 3 is 1.64 bits per heavy atom. The van der Waals surface area contributed by atoms with Gasteiger partial charge in [-0.3, -0.25) is 9.59 Å². The summed E-state index contributed by atoms with van der Waals surface area (Å²) in [7, 11) is 3.29. The van der Waals surface area contributed by atoms with E-state index in [9.17, 15) is 4.79 Å². The number of fused-ring (bicyclic) bond motifs is 14. The number of hydrogen-bond acceptors (Lipinski definition) is 6. The summed E-state index contributed by atoms with van der Waals surface area (Å²) >= 11 is 0. The van der Waals surface area contributed by atoms with Gasteiger partial charge in [-0.15, -0.1) is 6.42 Å². The van der Waals surface area contributed by atoms with Gasteiger partial charge in [-0.1, -0.05) is 219 Å². The summed E-state index contributed by atoms with van der Waals surface area (Å²) in [5.74, 6) is 22.9. The van der Waals surface area contributed by atoms with Crippen LogP contribution in [0, 0.1) is 66.8 Å². The molecule has 1 spiro atoms. The fourth-order valence-electron chi connectivity index (χ4n) is 16.5. The van der Waals surface area contributed by atoms with Crippen LogP contribution in [0.1, 0.15) is 189 Å². The van der Waals surface area contributed by atoms with Crippen LogP contribution < -0.4 is 29.6 Å². The molecule has 14 rings (SSSR count). The molecule has 0 radical (unpaired) electrons. The number of ether oxygens (including phenoxy) is 4. The number of carbonyl (C=O) groups is 2. The highest BCUT2D eigenvalue weighted by atomic mass is 16.5. The van der Waals surface area contributed by atoms with Crippen LogP contribution in [-0.2, 0) is 11.8 Å². The van der Waals surface area contributed by atoms with Gasteiger partial charge in [0.1, 0.15) is 35.2 Å². The molecule has 110 heavy (non-hydrogen) atoms. The summed E-state index contributed by atoms with van der Waals surface area (Å²) in [5.41, 5.74) is 17.0. The van der Waals surface area contributed by atoms with E-state index in [4.69, 9.17) is 25.4 Å². The van der Waals surface area contributed by atoms with Gasteiger partial charge in [0.15, 0.2) is 0 Å². The van der Waals surface area contributed by atoms with Crippen LogP contribution in [-0.4, -0.2) is 32.6 Å². The molecular formula is C102H92N2O6. The van der Waals surface area contributed by atoms with Crippen molar-refractivity contribution in [2.45, 2.75) is 148 Å². The van der Waals surface area contributed by atoms with E-state index in [1.54, 1.807) is 14.2 Å². The summed E-state index contributed by atoms with van der Waals surface area (Å²) in [6.45, 7) is 9.38. The molecule has 0 aliphatic heterocycles. The molecule has 0 saturated carbocycles. The van der Waals surface area contributed by atoms with Crippen molar-refractivity contribution in [3.8, 4) is 127 Å². The Hall–Kier alpha value is -12.4. The van der Waals surface area contributed by atoms with Gasteiger partial charge in [-0.2, -0.15) is 0 Å². The monoisotopic (exact) mass is 1440 g/mol. The highest BCUT2D eigenvalue weighted by Gasteiger charge is 2.52. The normalized spacial score (nSPS) is 12.0. The maximum atomic E-state index is 15.2. The van der Waals surface area contributed by atoms with E-state index in [1.807, 2.05) is 49.4 Å². The van der Waals surface area contributed by atoms with Crippen molar-refractivity contribution in [3.05, 3.63) is 256 Å². The second-order valence-corrected chi connectivity index (χ2v) is 29.1. The minimum Gasteiger partial charge on any atom is -0.496 e. The highest BCUT2D eigenvalue weighted by molar-refractivity contribution is 6.23. The third-order valence-electron chi connectivity index (χ3n) is 22.0. The molecule has 8 nitrogen and oxygen atoms in total. The number of amides is 2. The zero-order valence-corrected chi connectivity index (χ0v) is 64.0. The zero-order valence-electron chi connectivity index (χ0n) is 64.0. The van der Waals surface area contributed by atoms with E-state index in [1.165, 1.54) is 103 Å². The average molecular weight is 1440 g/mol. The number of unbranched alkanes of at least 4 members (excludes halogenated alkanes) is 12. The molecule has 2 amide bonds. The van der Waals surface area contributed by atoms with Gasteiger partial charge in [-0.05, 0) is 268 Å². The number of rotatable bonds is 29. The summed E-state index contributed by atoms with van der Waals surface area (Å²) in [6, 6.07) is 73.2. The molecule has 0 heterocycles. The molecule has 1 atom stereocenters. The predicted molar refractivity (Wildman–Crippen MR) is 453 cm³/mol. The summed E-state index contributed by atoms with van der Waals surface area (Å²) < 4.78 is 26.2. The maximum Gasteiger partial charge on any atom is 0.255 e. The van der Waals surface area contributed by atoms with Crippen molar-refractivity contribution < 1.29 is 28.5 Å². The third-order valence-corrected chi connectivity index (χ3v) is 22.0. The maximum absolute atomic E-state index is 15.2. The molecule has 2 N–H and O–H groups in total. The molecule has 0 fully saturated rings. The number of hydrogen-bond donors (Lipinski definition) is 2. The van der Waals surface area contributed by atoms with Crippen molar-refractivity contribution in [2.24, 2.45) is 0 Å². The molecule has 8 heteroatoms. The fraction of sp³-hybridized carbons (Fsp3) is 0.255. The number of nitrogens with one attached hydrogen (secondary N) is 2. The summed E-state index contributed by atoms with van der Waals surface area (Å²) in [5, 5.41) is 14.9. The molecular weight excluding hydrogens is 1350 g/mol. The van der Waals surface area contributed by atoms with E-state index in [0.717, 1.165) is 139 Å². The number of carbonyl (C=O) groups excluding carboxylic acids is 2. The minimum atomic E-state index is -0.662. The molecule has 1 unspecified atom stereocenters. The van der Waals surface area contributed by atoms with Gasteiger partial charge in [-0.25, -0.2) is 0 Å². The van der Waals surface area contributed by atoms with Crippen LogP contribution in [0.4, 0.5) is 5.69 Å². The predicted octanol–water partition coefficient (Wildman–Crippen LogP) is 24.2. The van der Waals surface area contributed by atoms with Crippen LogP contribution >= 0.6 is 0 Å². The number of anilines is 1. The minimum absolute atomic E-state index is 0.183. The number of methoxy groups -OCH3 is 1. The van der Waals surface area contributed by atoms with Gasteiger partial charge in [0, 0.05) is 47.9 Å². The van der Waals surface area contributed by atoms with Gasteiger partial charge < -0.3 is 29.6 Å². The first-order chi connectivity index (χ1) is 54.0. The van der Waals surface area contributed by atoms with E-state index in [0.29, 0.717) is 40.7 Å². The second kappa shape index (κ2) is 34.7. The fourth-order valence-corrected chi connectivity index (χ4v) is 16.5. The van der Waals surface area contributed by atoms with Gasteiger partial charge in [0.25, 0.3) is 11.8 Å². The van der Waals surface area contributed by atoms with Gasteiger partial charge in [0.2, 0.25) is 0 Å². The molecule has 2 aliphatic carbocycles. The van der Waals surface area contributed by atoms with E-state index < -0.39 is 5.41 Å². The first-order valence-electron chi connectivity index (χ1n) is 39.3. The topological polar surface area (TPSA) is 95.1 Å². The van der Waals surface area contributed by atoms with E-state index >= 15 is 4.79 Å². The SMILES string of the molecule is C#CC#CC#CC#CC#COc1ccc2c(-c3ccc4cc(C(CCCCC)Oc5cc(C)c(OC)cc5NC(=O)c5ccc6c(c5)-c5cc(C(=O)NC)ccc5C65c6ccccc6-c6ccccc65)ccc4c3)c3cc(OCCCCCCCCCC)ccc3c(-c3ccc4cc(CCCCCC)ccc4c3)c2c1. The zero-order chi connectivity index (χ0) is 75.9. The number of benzene rings is 12. The highest BCUT2D eigenvalue weighted by Crippen LogP contribution is 2.63. The van der Waals surface area contributed by atoms with Crippen molar-refractivity contribution in [3.63, 3.8) is 0 Å².